The second-order valence-electron chi connectivity index (χ2n) is 4.06. The number of thiophene rings is 1. The molecule has 0 fully saturated rings. The van der Waals surface area contributed by atoms with Crippen molar-refractivity contribution in [3.8, 4) is 5.75 Å². The van der Waals surface area contributed by atoms with Crippen LogP contribution in [0.4, 0.5) is 0 Å². The van der Waals surface area contributed by atoms with Gasteiger partial charge in [0, 0.05) is 20.3 Å². The largest absolute Gasteiger partial charge is 0.488 e. The first-order valence-corrected chi connectivity index (χ1v) is 7.21. The van der Waals surface area contributed by atoms with Crippen LogP contribution in [0.1, 0.15) is 27.7 Å². The van der Waals surface area contributed by atoms with Crippen LogP contribution < -0.4 is 4.74 Å². The number of hydrogen-bond acceptors (Lipinski definition) is 3. The molecule has 18 heavy (non-hydrogen) atoms. The van der Waals surface area contributed by atoms with Crippen LogP contribution in [-0.2, 0) is 6.61 Å². The van der Waals surface area contributed by atoms with E-state index in [-0.39, 0.29) is 5.78 Å². The summed E-state index contributed by atoms with van der Waals surface area (Å²) < 4.78 is 6.83. The lowest BCUT2D eigenvalue weighted by molar-refractivity contribution is 0.101. The van der Waals surface area contributed by atoms with E-state index in [1.165, 1.54) is 0 Å². The lowest BCUT2D eigenvalue weighted by Gasteiger charge is -2.08. The lowest BCUT2D eigenvalue weighted by Crippen LogP contribution is -1.98. The first-order valence-electron chi connectivity index (χ1n) is 5.53. The molecule has 0 saturated carbocycles. The standard InChI is InChI=1S/C14H13BrO2S/c1-9-5-11(10(2)16)3-4-14(9)17-7-13-6-12(15)8-18-13/h3-6,8H,7H2,1-2H3. The van der Waals surface area contributed by atoms with Crippen LogP contribution in [0.2, 0.25) is 0 Å². The highest BCUT2D eigenvalue weighted by Gasteiger charge is 2.05. The normalized spacial score (nSPS) is 10.4. The van der Waals surface area contributed by atoms with Crippen molar-refractivity contribution in [2.75, 3.05) is 0 Å². The molecule has 1 heterocycles. The molecular formula is C14H13BrO2S. The van der Waals surface area contributed by atoms with Crippen LogP contribution in [-0.4, -0.2) is 5.78 Å². The number of carbonyl (C=O) groups excluding carboxylic acids is 1. The maximum atomic E-state index is 11.2. The highest BCUT2D eigenvalue weighted by atomic mass is 79.9. The first kappa shape index (κ1) is 13.3. The summed E-state index contributed by atoms with van der Waals surface area (Å²) in [6.45, 7) is 4.07. The van der Waals surface area contributed by atoms with Gasteiger partial charge in [-0.05, 0) is 59.6 Å². The third-order valence-electron chi connectivity index (χ3n) is 2.57. The summed E-state index contributed by atoms with van der Waals surface area (Å²) in [5.41, 5.74) is 1.71. The highest BCUT2D eigenvalue weighted by Crippen LogP contribution is 2.24. The van der Waals surface area contributed by atoms with Gasteiger partial charge in [-0.1, -0.05) is 0 Å². The molecule has 0 N–H and O–H groups in total. The van der Waals surface area contributed by atoms with Gasteiger partial charge in [-0.15, -0.1) is 11.3 Å². The van der Waals surface area contributed by atoms with E-state index in [1.54, 1.807) is 24.3 Å². The van der Waals surface area contributed by atoms with E-state index < -0.39 is 0 Å². The molecule has 0 amide bonds. The zero-order chi connectivity index (χ0) is 13.1. The molecule has 0 atom stereocenters. The van der Waals surface area contributed by atoms with Crippen LogP contribution in [0.15, 0.2) is 34.1 Å². The van der Waals surface area contributed by atoms with Crippen LogP contribution >= 0.6 is 27.3 Å². The summed E-state index contributed by atoms with van der Waals surface area (Å²) in [5, 5.41) is 2.03. The van der Waals surface area contributed by atoms with Crippen LogP contribution in [0.3, 0.4) is 0 Å². The number of ketones is 1. The summed E-state index contributed by atoms with van der Waals surface area (Å²) in [7, 11) is 0. The summed E-state index contributed by atoms with van der Waals surface area (Å²) in [5.74, 6) is 0.899. The quantitative estimate of drug-likeness (QED) is 0.768. The molecule has 0 aliphatic rings. The highest BCUT2D eigenvalue weighted by molar-refractivity contribution is 9.10. The predicted octanol–water partition coefficient (Wildman–Crippen LogP) is 4.60. The zero-order valence-electron chi connectivity index (χ0n) is 10.2. The minimum absolute atomic E-state index is 0.0758. The van der Waals surface area contributed by atoms with Crippen molar-refractivity contribution in [3.63, 3.8) is 0 Å². The van der Waals surface area contributed by atoms with Crippen molar-refractivity contribution in [3.05, 3.63) is 50.1 Å². The monoisotopic (exact) mass is 324 g/mol. The van der Waals surface area contributed by atoms with Gasteiger partial charge in [-0.25, -0.2) is 0 Å². The number of ether oxygens (including phenoxy) is 1. The maximum Gasteiger partial charge on any atom is 0.159 e. The van der Waals surface area contributed by atoms with Gasteiger partial charge in [0.25, 0.3) is 0 Å². The van der Waals surface area contributed by atoms with E-state index in [1.807, 2.05) is 30.5 Å². The summed E-state index contributed by atoms with van der Waals surface area (Å²) >= 11 is 5.07. The van der Waals surface area contributed by atoms with Crippen LogP contribution in [0.25, 0.3) is 0 Å². The molecule has 1 aromatic heterocycles. The molecular weight excluding hydrogens is 312 g/mol. The molecule has 0 radical (unpaired) electrons. The Labute approximate surface area is 119 Å². The van der Waals surface area contributed by atoms with Gasteiger partial charge >= 0.3 is 0 Å². The molecule has 1 aromatic carbocycles. The molecule has 0 unspecified atom stereocenters. The van der Waals surface area contributed by atoms with Crippen molar-refractivity contribution in [1.29, 1.82) is 0 Å². The molecule has 94 valence electrons. The fourth-order valence-electron chi connectivity index (χ4n) is 1.61. The SMILES string of the molecule is CC(=O)c1ccc(OCc2cc(Br)cs2)c(C)c1. The Kier molecular flexibility index (Phi) is 4.19. The summed E-state index contributed by atoms with van der Waals surface area (Å²) in [6, 6.07) is 7.57. The minimum Gasteiger partial charge on any atom is -0.488 e. The van der Waals surface area contributed by atoms with E-state index in [4.69, 9.17) is 4.74 Å². The van der Waals surface area contributed by atoms with E-state index in [0.717, 1.165) is 26.2 Å². The van der Waals surface area contributed by atoms with Gasteiger partial charge < -0.3 is 4.74 Å². The second kappa shape index (κ2) is 5.67. The Morgan fingerprint density at radius 3 is 2.72 bits per heavy atom. The number of halogens is 1. The van der Waals surface area contributed by atoms with E-state index in [0.29, 0.717) is 6.61 Å². The van der Waals surface area contributed by atoms with Crippen molar-refractivity contribution in [2.45, 2.75) is 20.5 Å². The number of hydrogen-bond donors (Lipinski definition) is 0. The van der Waals surface area contributed by atoms with Crippen molar-refractivity contribution >= 4 is 33.0 Å². The third-order valence-corrected chi connectivity index (χ3v) is 4.24. The zero-order valence-corrected chi connectivity index (χ0v) is 12.6. The second-order valence-corrected chi connectivity index (χ2v) is 5.97. The number of aryl methyl sites for hydroxylation is 1. The van der Waals surface area contributed by atoms with Gasteiger partial charge in [0.15, 0.2) is 5.78 Å². The summed E-state index contributed by atoms with van der Waals surface area (Å²) in [4.78, 5) is 12.4. The fourth-order valence-corrected chi connectivity index (χ4v) is 2.97. The molecule has 0 aliphatic carbocycles. The Morgan fingerprint density at radius 2 is 2.17 bits per heavy atom. The van der Waals surface area contributed by atoms with Crippen molar-refractivity contribution < 1.29 is 9.53 Å². The Bertz CT molecular complexity index is 575. The topological polar surface area (TPSA) is 26.3 Å². The predicted molar refractivity (Wildman–Crippen MR) is 77.5 cm³/mol. The first-order chi connectivity index (χ1) is 8.56. The van der Waals surface area contributed by atoms with Gasteiger partial charge in [0.2, 0.25) is 0 Å². The van der Waals surface area contributed by atoms with Crippen molar-refractivity contribution in [2.24, 2.45) is 0 Å². The van der Waals surface area contributed by atoms with E-state index in [9.17, 15) is 4.79 Å². The van der Waals surface area contributed by atoms with Gasteiger partial charge in [-0.3, -0.25) is 4.79 Å². The average molecular weight is 325 g/mol. The molecule has 2 aromatic rings. The fraction of sp³-hybridized carbons (Fsp3) is 0.214. The minimum atomic E-state index is 0.0758. The molecule has 0 saturated heterocycles. The number of Topliss-reactive ketones (excluding diaryl/α,β-unsaturated/α-hetero) is 1. The summed E-state index contributed by atoms with van der Waals surface area (Å²) in [6.07, 6.45) is 0. The maximum absolute atomic E-state index is 11.2. The number of rotatable bonds is 4. The molecule has 4 heteroatoms. The average Bonchev–Trinajstić information content (AvgIpc) is 2.73. The number of carbonyl (C=O) groups is 1. The Hall–Kier alpha value is -1.13. The third kappa shape index (κ3) is 3.21. The van der Waals surface area contributed by atoms with Crippen LogP contribution in [0, 0.1) is 6.92 Å². The Morgan fingerprint density at radius 1 is 1.39 bits per heavy atom. The van der Waals surface area contributed by atoms with Gasteiger partial charge in [0.05, 0.1) is 0 Å². The van der Waals surface area contributed by atoms with Crippen molar-refractivity contribution in [1.82, 2.24) is 0 Å². The van der Waals surface area contributed by atoms with Gasteiger partial charge in [0.1, 0.15) is 12.4 Å². The number of benzene rings is 1. The van der Waals surface area contributed by atoms with E-state index in [2.05, 4.69) is 15.9 Å². The lowest BCUT2D eigenvalue weighted by atomic mass is 10.1. The van der Waals surface area contributed by atoms with Gasteiger partial charge in [-0.2, -0.15) is 0 Å². The molecule has 0 aliphatic heterocycles. The van der Waals surface area contributed by atoms with Crippen LogP contribution in [0.5, 0.6) is 5.75 Å². The molecule has 0 spiro atoms. The smallest absolute Gasteiger partial charge is 0.159 e. The molecule has 2 rings (SSSR count). The van der Waals surface area contributed by atoms with E-state index >= 15 is 0 Å². The molecule has 0 bridgehead atoms. The molecule has 2 nitrogen and oxygen atoms in total. The Balaban J connectivity index is 2.08.